The number of aryl methyl sites for hydroxylation is 1. The van der Waals surface area contributed by atoms with E-state index < -0.39 is 0 Å². The summed E-state index contributed by atoms with van der Waals surface area (Å²) in [4.78, 5) is 0. The molecule has 0 fully saturated rings. The monoisotopic (exact) mass is 340 g/mol. The van der Waals surface area contributed by atoms with Crippen LogP contribution in [0.2, 0.25) is 0 Å². The average molecular weight is 341 g/mol. The SMILES string of the molecule is CCCCc1ccccc1-c1cc(Br)c2c(c1)C=C(C)C2. The van der Waals surface area contributed by atoms with E-state index in [-0.39, 0.29) is 0 Å². The molecule has 0 amide bonds. The quantitative estimate of drug-likeness (QED) is 0.602. The maximum Gasteiger partial charge on any atom is 0.0222 e. The van der Waals surface area contributed by atoms with Crippen molar-refractivity contribution in [3.63, 3.8) is 0 Å². The molecule has 108 valence electrons. The Labute approximate surface area is 136 Å². The van der Waals surface area contributed by atoms with Gasteiger partial charge in [-0.1, -0.05) is 65.2 Å². The molecule has 0 saturated heterocycles. The second-order valence-corrected chi connectivity index (χ2v) is 6.81. The van der Waals surface area contributed by atoms with Crippen molar-refractivity contribution in [3.05, 3.63) is 63.1 Å². The van der Waals surface area contributed by atoms with E-state index in [0.29, 0.717) is 0 Å². The van der Waals surface area contributed by atoms with Gasteiger partial charge >= 0.3 is 0 Å². The van der Waals surface area contributed by atoms with Crippen LogP contribution in [0.5, 0.6) is 0 Å². The Morgan fingerprint density at radius 2 is 1.95 bits per heavy atom. The first-order chi connectivity index (χ1) is 10.2. The largest absolute Gasteiger partial charge is 0.0683 e. The number of halogens is 1. The number of allylic oxidation sites excluding steroid dienone is 1. The minimum Gasteiger partial charge on any atom is -0.0683 e. The maximum absolute atomic E-state index is 3.77. The molecule has 0 aliphatic heterocycles. The highest BCUT2D eigenvalue weighted by Crippen LogP contribution is 2.36. The Kier molecular flexibility index (Phi) is 4.30. The van der Waals surface area contributed by atoms with Crippen LogP contribution in [0.3, 0.4) is 0 Å². The lowest BCUT2D eigenvalue weighted by molar-refractivity contribution is 0.796. The predicted octanol–water partition coefficient (Wildman–Crippen LogP) is 6.42. The number of benzene rings is 2. The number of fused-ring (bicyclic) bond motifs is 1. The summed E-state index contributed by atoms with van der Waals surface area (Å²) in [6.45, 7) is 4.46. The van der Waals surface area contributed by atoms with Crippen LogP contribution >= 0.6 is 15.9 Å². The van der Waals surface area contributed by atoms with Crippen molar-refractivity contribution >= 4 is 22.0 Å². The van der Waals surface area contributed by atoms with Crippen LogP contribution in [-0.2, 0) is 12.8 Å². The van der Waals surface area contributed by atoms with Gasteiger partial charge in [0, 0.05) is 4.47 Å². The highest BCUT2D eigenvalue weighted by atomic mass is 79.9. The summed E-state index contributed by atoms with van der Waals surface area (Å²) in [6.07, 6.45) is 7.05. The van der Waals surface area contributed by atoms with E-state index >= 15 is 0 Å². The van der Waals surface area contributed by atoms with Crippen molar-refractivity contribution in [2.45, 2.75) is 39.5 Å². The zero-order chi connectivity index (χ0) is 14.8. The third-order valence-corrected chi connectivity index (χ3v) is 4.92. The van der Waals surface area contributed by atoms with Gasteiger partial charge in [0.1, 0.15) is 0 Å². The van der Waals surface area contributed by atoms with Crippen LogP contribution in [0, 0.1) is 0 Å². The van der Waals surface area contributed by atoms with Gasteiger partial charge in [-0.25, -0.2) is 0 Å². The molecule has 0 radical (unpaired) electrons. The van der Waals surface area contributed by atoms with Crippen molar-refractivity contribution in [2.24, 2.45) is 0 Å². The molecule has 0 unspecified atom stereocenters. The minimum absolute atomic E-state index is 1.08. The molecule has 1 aliphatic rings. The van der Waals surface area contributed by atoms with Gasteiger partial charge in [0.05, 0.1) is 0 Å². The Morgan fingerprint density at radius 1 is 1.14 bits per heavy atom. The molecule has 2 aromatic carbocycles. The summed E-state index contributed by atoms with van der Waals surface area (Å²) in [5.41, 5.74) is 8.43. The summed E-state index contributed by atoms with van der Waals surface area (Å²) in [7, 11) is 0. The fraction of sp³-hybridized carbons (Fsp3) is 0.300. The fourth-order valence-corrected chi connectivity index (χ4v) is 3.73. The van der Waals surface area contributed by atoms with Gasteiger partial charge in [-0.05, 0) is 66.1 Å². The first kappa shape index (κ1) is 14.6. The second kappa shape index (κ2) is 6.19. The molecule has 1 heteroatoms. The zero-order valence-corrected chi connectivity index (χ0v) is 14.3. The standard InChI is InChI=1S/C20H21Br/c1-3-4-7-15-8-5-6-9-18(15)17-12-16-10-14(2)11-19(16)20(21)13-17/h5-6,8-10,12-13H,3-4,7,11H2,1-2H3. The second-order valence-electron chi connectivity index (χ2n) is 5.95. The van der Waals surface area contributed by atoms with E-state index in [1.54, 1.807) is 0 Å². The van der Waals surface area contributed by atoms with Crippen LogP contribution in [0.4, 0.5) is 0 Å². The van der Waals surface area contributed by atoms with Gasteiger partial charge in [0.25, 0.3) is 0 Å². The van der Waals surface area contributed by atoms with Crippen molar-refractivity contribution in [2.75, 3.05) is 0 Å². The third-order valence-electron chi connectivity index (χ3n) is 4.22. The van der Waals surface area contributed by atoms with Gasteiger partial charge in [-0.2, -0.15) is 0 Å². The molecule has 0 aromatic heterocycles. The number of rotatable bonds is 4. The molecule has 0 bridgehead atoms. The Morgan fingerprint density at radius 3 is 2.76 bits per heavy atom. The molecule has 0 atom stereocenters. The molecule has 0 heterocycles. The molecule has 0 saturated carbocycles. The Hall–Kier alpha value is -1.34. The van der Waals surface area contributed by atoms with Crippen LogP contribution in [-0.4, -0.2) is 0 Å². The van der Waals surface area contributed by atoms with Crippen molar-refractivity contribution in [1.82, 2.24) is 0 Å². The van der Waals surface area contributed by atoms with E-state index in [9.17, 15) is 0 Å². The summed E-state index contributed by atoms with van der Waals surface area (Å²) >= 11 is 3.77. The third kappa shape index (κ3) is 2.98. The van der Waals surface area contributed by atoms with E-state index in [4.69, 9.17) is 0 Å². The highest BCUT2D eigenvalue weighted by Gasteiger charge is 2.15. The van der Waals surface area contributed by atoms with Gasteiger partial charge in [0.15, 0.2) is 0 Å². The van der Waals surface area contributed by atoms with Crippen LogP contribution < -0.4 is 0 Å². The van der Waals surface area contributed by atoms with E-state index in [1.165, 1.54) is 50.7 Å². The Balaban J connectivity index is 2.05. The molecule has 21 heavy (non-hydrogen) atoms. The van der Waals surface area contributed by atoms with Crippen LogP contribution in [0.15, 0.2) is 46.4 Å². The molecule has 0 spiro atoms. The number of hydrogen-bond acceptors (Lipinski definition) is 0. The summed E-state index contributed by atoms with van der Waals surface area (Å²) in [5.74, 6) is 0. The zero-order valence-electron chi connectivity index (χ0n) is 12.7. The molecule has 2 aromatic rings. The number of hydrogen-bond donors (Lipinski definition) is 0. The van der Waals surface area contributed by atoms with E-state index in [0.717, 1.165) is 12.8 Å². The first-order valence-corrected chi connectivity index (χ1v) is 8.56. The first-order valence-electron chi connectivity index (χ1n) is 7.77. The minimum atomic E-state index is 1.08. The molecular weight excluding hydrogens is 320 g/mol. The highest BCUT2D eigenvalue weighted by molar-refractivity contribution is 9.10. The molecule has 3 rings (SSSR count). The van der Waals surface area contributed by atoms with Crippen molar-refractivity contribution < 1.29 is 0 Å². The van der Waals surface area contributed by atoms with Gasteiger partial charge in [-0.15, -0.1) is 0 Å². The molecule has 0 nitrogen and oxygen atoms in total. The van der Waals surface area contributed by atoms with E-state index in [1.807, 2.05) is 0 Å². The van der Waals surface area contributed by atoms with Gasteiger partial charge in [-0.3, -0.25) is 0 Å². The van der Waals surface area contributed by atoms with Crippen molar-refractivity contribution in [1.29, 1.82) is 0 Å². The number of unbranched alkanes of at least 4 members (excludes halogenated alkanes) is 1. The van der Waals surface area contributed by atoms with Gasteiger partial charge < -0.3 is 0 Å². The lowest BCUT2D eigenvalue weighted by Gasteiger charge is -2.12. The lowest BCUT2D eigenvalue weighted by Crippen LogP contribution is -1.92. The van der Waals surface area contributed by atoms with Gasteiger partial charge in [0.2, 0.25) is 0 Å². The average Bonchev–Trinajstić information content (AvgIpc) is 2.86. The molecular formula is C20H21Br. The van der Waals surface area contributed by atoms with Crippen LogP contribution in [0.1, 0.15) is 43.4 Å². The predicted molar refractivity (Wildman–Crippen MR) is 95.5 cm³/mol. The fourth-order valence-electron chi connectivity index (χ4n) is 3.11. The van der Waals surface area contributed by atoms with Crippen molar-refractivity contribution in [3.8, 4) is 11.1 Å². The normalized spacial score (nSPS) is 13.2. The lowest BCUT2D eigenvalue weighted by atomic mass is 9.94. The molecule has 1 aliphatic carbocycles. The van der Waals surface area contributed by atoms with E-state index in [2.05, 4.69) is 72.3 Å². The maximum atomic E-state index is 3.77. The smallest absolute Gasteiger partial charge is 0.0222 e. The Bertz CT molecular complexity index is 695. The summed E-state index contributed by atoms with van der Waals surface area (Å²) < 4.78 is 1.24. The van der Waals surface area contributed by atoms with Crippen LogP contribution in [0.25, 0.3) is 17.2 Å². The summed E-state index contributed by atoms with van der Waals surface area (Å²) in [6, 6.07) is 13.5. The topological polar surface area (TPSA) is 0 Å². The molecule has 0 N–H and O–H groups in total. The summed E-state index contributed by atoms with van der Waals surface area (Å²) in [5, 5.41) is 0.